The van der Waals surface area contributed by atoms with Crippen LogP contribution in [0.4, 0.5) is 0 Å². The van der Waals surface area contributed by atoms with Crippen LogP contribution in [0, 0.1) is 10.1 Å². The molecule has 1 rings (SSSR count). The molecule has 7 heteroatoms. The molecule has 0 aliphatic heterocycles. The maximum Gasteiger partial charge on any atom is 0.382 e. The number of nitrogens with zero attached hydrogens (tertiary/aromatic N) is 1. The molecule has 0 spiro atoms. The average Bonchev–Trinajstić information content (AvgIpc) is 2.38. The normalized spacial score (nSPS) is 13.3. The van der Waals surface area contributed by atoms with Gasteiger partial charge in [-0.05, 0) is 31.5 Å². The molecule has 0 aliphatic carbocycles. The first kappa shape index (κ1) is 17.1. The van der Waals surface area contributed by atoms with Gasteiger partial charge in [-0.25, -0.2) is 4.79 Å². The van der Waals surface area contributed by atoms with Crippen LogP contribution in [0.5, 0.6) is 0 Å². The molecule has 1 aromatic rings. The molecular formula is C14H16ClNO5. The molecule has 0 saturated heterocycles. The first-order valence-electron chi connectivity index (χ1n) is 6.41. The second kappa shape index (κ2) is 7.73. The van der Waals surface area contributed by atoms with Crippen LogP contribution in [0.15, 0.2) is 24.3 Å². The lowest BCUT2D eigenvalue weighted by molar-refractivity contribution is -0.514. The lowest BCUT2D eigenvalue weighted by Crippen LogP contribution is -2.38. The van der Waals surface area contributed by atoms with Crippen LogP contribution in [-0.4, -0.2) is 29.3 Å². The fraction of sp³-hybridized carbons (Fsp3) is 0.429. The number of halogens is 1. The van der Waals surface area contributed by atoms with Gasteiger partial charge in [0.2, 0.25) is 0 Å². The summed E-state index contributed by atoms with van der Waals surface area (Å²) >= 11 is 5.78. The Morgan fingerprint density at radius 3 is 2.33 bits per heavy atom. The van der Waals surface area contributed by atoms with E-state index in [1.165, 1.54) is 6.92 Å². The van der Waals surface area contributed by atoms with Crippen LogP contribution in [0.2, 0.25) is 5.02 Å². The van der Waals surface area contributed by atoms with Crippen molar-refractivity contribution in [1.82, 2.24) is 0 Å². The summed E-state index contributed by atoms with van der Waals surface area (Å²) < 4.78 is 4.76. The molecule has 21 heavy (non-hydrogen) atoms. The fourth-order valence-electron chi connectivity index (χ4n) is 2.06. The van der Waals surface area contributed by atoms with E-state index in [-0.39, 0.29) is 18.8 Å². The van der Waals surface area contributed by atoms with Crippen molar-refractivity contribution in [3.8, 4) is 0 Å². The highest BCUT2D eigenvalue weighted by Gasteiger charge is 2.41. The van der Waals surface area contributed by atoms with E-state index in [9.17, 15) is 19.7 Å². The van der Waals surface area contributed by atoms with Crippen molar-refractivity contribution in [1.29, 1.82) is 0 Å². The van der Waals surface area contributed by atoms with Crippen molar-refractivity contribution in [3.05, 3.63) is 45.0 Å². The number of esters is 1. The fourth-order valence-corrected chi connectivity index (χ4v) is 2.18. The molecule has 1 unspecified atom stereocenters. The standard InChI is InChI=1S/C14H16ClNO5/c1-3-21-14(18)13(16(19)20)12(8-9(2)17)10-4-6-11(15)7-5-10/h4-7,12-13H,3,8H2,1-2H3/t12-,13?/m1/s1. The molecule has 0 aromatic heterocycles. The Balaban J connectivity index is 3.19. The average molecular weight is 314 g/mol. The molecule has 0 bridgehead atoms. The summed E-state index contributed by atoms with van der Waals surface area (Å²) in [5, 5.41) is 11.7. The minimum atomic E-state index is -1.62. The third kappa shape index (κ3) is 4.82. The lowest BCUT2D eigenvalue weighted by atomic mass is 9.87. The summed E-state index contributed by atoms with van der Waals surface area (Å²) in [7, 11) is 0. The smallest absolute Gasteiger partial charge is 0.382 e. The number of ketones is 1. The predicted molar refractivity (Wildman–Crippen MR) is 76.9 cm³/mol. The number of carbonyl (C=O) groups excluding carboxylic acids is 2. The van der Waals surface area contributed by atoms with Gasteiger partial charge >= 0.3 is 12.0 Å². The van der Waals surface area contributed by atoms with E-state index in [1.807, 2.05) is 0 Å². The number of Topliss-reactive ketones (excluding diaryl/α,β-unsaturated/α-hetero) is 1. The van der Waals surface area contributed by atoms with Crippen molar-refractivity contribution in [2.45, 2.75) is 32.2 Å². The summed E-state index contributed by atoms with van der Waals surface area (Å²) in [4.78, 5) is 33.8. The molecule has 0 fully saturated rings. The Bertz CT molecular complexity index is 529. The number of carbonyl (C=O) groups is 2. The molecule has 0 amide bonds. The van der Waals surface area contributed by atoms with Crippen molar-refractivity contribution in [3.63, 3.8) is 0 Å². The maximum absolute atomic E-state index is 11.8. The van der Waals surface area contributed by atoms with Gasteiger partial charge in [0.15, 0.2) is 0 Å². The predicted octanol–water partition coefficient (Wildman–Crippen LogP) is 2.61. The highest BCUT2D eigenvalue weighted by molar-refractivity contribution is 6.30. The third-order valence-electron chi connectivity index (χ3n) is 2.94. The van der Waals surface area contributed by atoms with Gasteiger partial charge in [0.05, 0.1) is 12.5 Å². The van der Waals surface area contributed by atoms with Crippen molar-refractivity contribution < 1.29 is 19.2 Å². The van der Waals surface area contributed by atoms with E-state index in [2.05, 4.69) is 0 Å². The Morgan fingerprint density at radius 1 is 1.33 bits per heavy atom. The Kier molecular flexibility index (Phi) is 6.30. The Morgan fingerprint density at radius 2 is 1.90 bits per heavy atom. The van der Waals surface area contributed by atoms with E-state index in [0.717, 1.165) is 0 Å². The highest BCUT2D eigenvalue weighted by Crippen LogP contribution is 2.28. The zero-order valence-electron chi connectivity index (χ0n) is 11.7. The third-order valence-corrected chi connectivity index (χ3v) is 3.19. The molecule has 0 saturated carbocycles. The van der Waals surface area contributed by atoms with Crippen LogP contribution in [0.1, 0.15) is 31.7 Å². The molecule has 6 nitrogen and oxygen atoms in total. The monoisotopic (exact) mass is 313 g/mol. The van der Waals surface area contributed by atoms with Gasteiger partial charge in [-0.1, -0.05) is 23.7 Å². The van der Waals surface area contributed by atoms with Gasteiger partial charge in [-0.15, -0.1) is 0 Å². The number of ether oxygens (including phenoxy) is 1. The van der Waals surface area contributed by atoms with Crippen molar-refractivity contribution in [2.24, 2.45) is 0 Å². The summed E-state index contributed by atoms with van der Waals surface area (Å²) in [6.45, 7) is 2.93. The molecule has 2 atom stereocenters. The second-order valence-corrected chi connectivity index (χ2v) is 4.98. The first-order valence-corrected chi connectivity index (χ1v) is 6.79. The van der Waals surface area contributed by atoms with Crippen LogP contribution in [0.25, 0.3) is 0 Å². The summed E-state index contributed by atoms with van der Waals surface area (Å²) in [6.07, 6.45) is -0.119. The van der Waals surface area contributed by atoms with Gasteiger partial charge in [0.1, 0.15) is 5.78 Å². The number of hydrogen-bond donors (Lipinski definition) is 0. The molecule has 0 aliphatic rings. The number of rotatable bonds is 7. The number of nitro groups is 1. The van der Waals surface area contributed by atoms with E-state index in [4.69, 9.17) is 16.3 Å². The molecule has 114 valence electrons. The van der Waals surface area contributed by atoms with E-state index in [1.54, 1.807) is 31.2 Å². The number of hydrogen-bond acceptors (Lipinski definition) is 5. The van der Waals surface area contributed by atoms with Crippen LogP contribution < -0.4 is 0 Å². The van der Waals surface area contributed by atoms with E-state index in [0.29, 0.717) is 10.6 Å². The van der Waals surface area contributed by atoms with Crippen LogP contribution in [0.3, 0.4) is 0 Å². The summed E-state index contributed by atoms with van der Waals surface area (Å²) in [6, 6.07) is 4.66. The quantitative estimate of drug-likeness (QED) is 0.439. The van der Waals surface area contributed by atoms with Crippen molar-refractivity contribution in [2.75, 3.05) is 6.61 Å². The maximum atomic E-state index is 11.8. The van der Waals surface area contributed by atoms with E-state index >= 15 is 0 Å². The van der Waals surface area contributed by atoms with E-state index < -0.39 is 22.9 Å². The van der Waals surface area contributed by atoms with Crippen LogP contribution in [-0.2, 0) is 14.3 Å². The highest BCUT2D eigenvalue weighted by atomic mass is 35.5. The van der Waals surface area contributed by atoms with Crippen LogP contribution >= 0.6 is 11.6 Å². The van der Waals surface area contributed by atoms with Gasteiger partial charge < -0.3 is 9.53 Å². The zero-order chi connectivity index (χ0) is 16.0. The molecule has 0 N–H and O–H groups in total. The Labute approximate surface area is 127 Å². The van der Waals surface area contributed by atoms with Gasteiger partial charge in [-0.3, -0.25) is 10.1 Å². The first-order chi connectivity index (χ1) is 9.86. The molecular weight excluding hydrogens is 298 g/mol. The minimum absolute atomic E-state index is 0.0383. The zero-order valence-corrected chi connectivity index (χ0v) is 12.5. The van der Waals surface area contributed by atoms with Gasteiger partial charge in [0.25, 0.3) is 0 Å². The SMILES string of the molecule is CCOC(=O)C([C@H](CC(C)=O)c1ccc(Cl)cc1)[N+](=O)[O-]. The minimum Gasteiger partial charge on any atom is -0.461 e. The van der Waals surface area contributed by atoms with Gasteiger partial charge in [0, 0.05) is 16.4 Å². The van der Waals surface area contributed by atoms with Gasteiger partial charge in [-0.2, -0.15) is 0 Å². The molecule has 0 heterocycles. The summed E-state index contributed by atoms with van der Waals surface area (Å²) in [5.41, 5.74) is 0.504. The molecule has 0 radical (unpaired) electrons. The molecule has 1 aromatic carbocycles. The van der Waals surface area contributed by atoms with Crippen molar-refractivity contribution >= 4 is 23.4 Å². The summed E-state index contributed by atoms with van der Waals surface area (Å²) in [5.74, 6) is -2.07. The largest absolute Gasteiger partial charge is 0.461 e. The Hall–Kier alpha value is -1.95. The number of benzene rings is 1. The second-order valence-electron chi connectivity index (χ2n) is 4.55. The topological polar surface area (TPSA) is 86.5 Å². The lowest BCUT2D eigenvalue weighted by Gasteiger charge is -2.19.